The fourth-order valence-corrected chi connectivity index (χ4v) is 2.50. The molecule has 0 unspecified atom stereocenters. The summed E-state index contributed by atoms with van der Waals surface area (Å²) >= 11 is 0. The number of H-pyrrole nitrogens is 1. The Labute approximate surface area is 113 Å². The largest absolute Gasteiger partial charge is 0.312 e. The number of aromatic amines is 1. The van der Waals surface area contributed by atoms with Gasteiger partial charge < -0.3 is 5.32 Å². The average Bonchev–Trinajstić information content (AvgIpc) is 2.88. The highest BCUT2D eigenvalue weighted by molar-refractivity contribution is 5.57. The first-order chi connectivity index (χ1) is 9.31. The van der Waals surface area contributed by atoms with Crippen molar-refractivity contribution in [1.29, 1.82) is 0 Å². The summed E-state index contributed by atoms with van der Waals surface area (Å²) < 4.78 is 0. The molecule has 0 aromatic carbocycles. The zero-order valence-electron chi connectivity index (χ0n) is 11.1. The highest BCUT2D eigenvalue weighted by Gasteiger charge is 2.16. The zero-order valence-corrected chi connectivity index (χ0v) is 11.1. The number of rotatable bonds is 3. The summed E-state index contributed by atoms with van der Waals surface area (Å²) in [6.45, 7) is 6.39. The van der Waals surface area contributed by atoms with Crippen molar-refractivity contribution >= 4 is 0 Å². The number of nitrogens with zero attached hydrogens (tertiary/aromatic N) is 3. The first kappa shape index (κ1) is 12.3. The summed E-state index contributed by atoms with van der Waals surface area (Å²) in [6.07, 6.45) is 3.62. The van der Waals surface area contributed by atoms with E-state index in [1.165, 1.54) is 0 Å². The minimum Gasteiger partial charge on any atom is -0.312 e. The van der Waals surface area contributed by atoms with E-state index in [2.05, 4.69) is 38.4 Å². The van der Waals surface area contributed by atoms with Gasteiger partial charge in [0.1, 0.15) is 0 Å². The van der Waals surface area contributed by atoms with Crippen molar-refractivity contribution in [3.8, 4) is 11.3 Å². The molecule has 3 rings (SSSR count). The summed E-state index contributed by atoms with van der Waals surface area (Å²) in [5.41, 5.74) is 3.18. The van der Waals surface area contributed by atoms with Gasteiger partial charge in [0.05, 0.1) is 5.69 Å². The Morgan fingerprint density at radius 3 is 3.21 bits per heavy atom. The van der Waals surface area contributed by atoms with E-state index in [0.717, 1.165) is 43.1 Å². The highest BCUT2D eigenvalue weighted by atomic mass is 15.2. The summed E-state index contributed by atoms with van der Waals surface area (Å²) in [7, 11) is 0. The maximum Gasteiger partial charge on any atom is 0.0939 e. The van der Waals surface area contributed by atoms with Crippen molar-refractivity contribution in [3.63, 3.8) is 0 Å². The van der Waals surface area contributed by atoms with Crippen molar-refractivity contribution in [1.82, 2.24) is 25.4 Å². The molecule has 0 saturated carbocycles. The third-order valence-corrected chi connectivity index (χ3v) is 3.44. The molecule has 2 N–H and O–H groups in total. The van der Waals surface area contributed by atoms with Crippen LogP contribution in [0.5, 0.6) is 0 Å². The van der Waals surface area contributed by atoms with Gasteiger partial charge in [-0.2, -0.15) is 5.10 Å². The van der Waals surface area contributed by atoms with Gasteiger partial charge in [-0.3, -0.25) is 15.0 Å². The molecule has 0 amide bonds. The molecule has 0 spiro atoms. The van der Waals surface area contributed by atoms with Crippen LogP contribution in [0.1, 0.15) is 12.6 Å². The Morgan fingerprint density at radius 1 is 1.47 bits per heavy atom. The molecule has 2 aromatic rings. The molecule has 0 radical (unpaired) electrons. The second-order valence-electron chi connectivity index (χ2n) is 5.11. The van der Waals surface area contributed by atoms with Gasteiger partial charge in [-0.1, -0.05) is 0 Å². The van der Waals surface area contributed by atoms with E-state index in [-0.39, 0.29) is 0 Å². The number of pyridine rings is 1. The third kappa shape index (κ3) is 3.00. The molecule has 1 aliphatic rings. The van der Waals surface area contributed by atoms with Crippen LogP contribution in [0.25, 0.3) is 11.3 Å². The van der Waals surface area contributed by atoms with Crippen molar-refractivity contribution < 1.29 is 0 Å². The van der Waals surface area contributed by atoms with Crippen molar-refractivity contribution in [2.45, 2.75) is 19.5 Å². The Morgan fingerprint density at radius 2 is 2.42 bits per heavy atom. The van der Waals surface area contributed by atoms with Crippen LogP contribution >= 0.6 is 0 Å². The maximum absolute atomic E-state index is 4.36. The van der Waals surface area contributed by atoms with E-state index in [1.54, 1.807) is 6.20 Å². The van der Waals surface area contributed by atoms with Crippen LogP contribution in [0.2, 0.25) is 0 Å². The first-order valence-corrected chi connectivity index (χ1v) is 6.72. The van der Waals surface area contributed by atoms with Gasteiger partial charge in [-0.15, -0.1) is 0 Å². The number of piperazine rings is 1. The maximum atomic E-state index is 4.36. The molecule has 5 nitrogen and oxygen atoms in total. The standard InChI is InChI=1S/C14H19N5/c1-11-9-19(6-5-16-11)10-13-7-14(18-17-13)12-3-2-4-15-8-12/h2-4,7-8,11,16H,5-6,9-10H2,1H3,(H,17,18)/t11-/m0/s1. The monoisotopic (exact) mass is 257 g/mol. The Kier molecular flexibility index (Phi) is 3.57. The summed E-state index contributed by atoms with van der Waals surface area (Å²) in [5, 5.41) is 10.9. The summed E-state index contributed by atoms with van der Waals surface area (Å²) in [5.74, 6) is 0. The van der Waals surface area contributed by atoms with E-state index >= 15 is 0 Å². The fourth-order valence-electron chi connectivity index (χ4n) is 2.50. The molecule has 2 aromatic heterocycles. The van der Waals surface area contributed by atoms with Crippen LogP contribution in [-0.4, -0.2) is 45.8 Å². The lowest BCUT2D eigenvalue weighted by Gasteiger charge is -2.31. The molecule has 100 valence electrons. The van der Waals surface area contributed by atoms with E-state index in [1.807, 2.05) is 18.3 Å². The van der Waals surface area contributed by atoms with Gasteiger partial charge in [0, 0.05) is 55.9 Å². The van der Waals surface area contributed by atoms with Crippen LogP contribution < -0.4 is 5.32 Å². The van der Waals surface area contributed by atoms with Crippen molar-refractivity contribution in [3.05, 3.63) is 36.3 Å². The zero-order chi connectivity index (χ0) is 13.1. The van der Waals surface area contributed by atoms with E-state index in [4.69, 9.17) is 0 Å². The van der Waals surface area contributed by atoms with Crippen LogP contribution in [0, 0.1) is 0 Å². The van der Waals surface area contributed by atoms with Crippen LogP contribution in [0.3, 0.4) is 0 Å². The van der Waals surface area contributed by atoms with E-state index in [9.17, 15) is 0 Å². The van der Waals surface area contributed by atoms with Gasteiger partial charge in [0.15, 0.2) is 0 Å². The van der Waals surface area contributed by atoms with Crippen molar-refractivity contribution in [2.24, 2.45) is 0 Å². The fraction of sp³-hybridized carbons (Fsp3) is 0.429. The van der Waals surface area contributed by atoms with Gasteiger partial charge in [0.25, 0.3) is 0 Å². The highest BCUT2D eigenvalue weighted by Crippen LogP contribution is 2.17. The number of hydrogen-bond donors (Lipinski definition) is 2. The average molecular weight is 257 g/mol. The lowest BCUT2D eigenvalue weighted by molar-refractivity contribution is 0.197. The molecule has 19 heavy (non-hydrogen) atoms. The second kappa shape index (κ2) is 5.50. The third-order valence-electron chi connectivity index (χ3n) is 3.44. The minimum absolute atomic E-state index is 0.564. The number of aromatic nitrogens is 3. The number of hydrogen-bond acceptors (Lipinski definition) is 4. The smallest absolute Gasteiger partial charge is 0.0939 e. The predicted octanol–water partition coefficient (Wildman–Crippen LogP) is 1.27. The summed E-state index contributed by atoms with van der Waals surface area (Å²) in [4.78, 5) is 6.57. The minimum atomic E-state index is 0.564. The molecule has 3 heterocycles. The number of nitrogens with one attached hydrogen (secondary N) is 2. The summed E-state index contributed by atoms with van der Waals surface area (Å²) in [6, 6.07) is 6.64. The predicted molar refractivity (Wildman–Crippen MR) is 74.6 cm³/mol. The van der Waals surface area contributed by atoms with Crippen LogP contribution in [0.15, 0.2) is 30.6 Å². The first-order valence-electron chi connectivity index (χ1n) is 6.72. The quantitative estimate of drug-likeness (QED) is 0.869. The van der Waals surface area contributed by atoms with Gasteiger partial charge >= 0.3 is 0 Å². The Bertz CT molecular complexity index is 522. The van der Waals surface area contributed by atoms with Gasteiger partial charge in [-0.05, 0) is 25.1 Å². The van der Waals surface area contributed by atoms with Crippen LogP contribution in [-0.2, 0) is 6.54 Å². The Hall–Kier alpha value is -1.72. The van der Waals surface area contributed by atoms with Crippen molar-refractivity contribution in [2.75, 3.05) is 19.6 Å². The molecule has 1 aliphatic heterocycles. The molecular formula is C14H19N5. The van der Waals surface area contributed by atoms with Crippen LogP contribution in [0.4, 0.5) is 0 Å². The van der Waals surface area contributed by atoms with Gasteiger partial charge in [0.2, 0.25) is 0 Å². The van der Waals surface area contributed by atoms with E-state index in [0.29, 0.717) is 6.04 Å². The molecule has 1 saturated heterocycles. The molecule has 5 heteroatoms. The topological polar surface area (TPSA) is 56.8 Å². The molecule has 1 atom stereocenters. The molecule has 1 fully saturated rings. The molecular weight excluding hydrogens is 238 g/mol. The van der Waals surface area contributed by atoms with Gasteiger partial charge in [-0.25, -0.2) is 0 Å². The second-order valence-corrected chi connectivity index (χ2v) is 5.11. The van der Waals surface area contributed by atoms with E-state index < -0.39 is 0 Å². The molecule has 0 bridgehead atoms. The normalized spacial score (nSPS) is 20.6. The SMILES string of the molecule is C[C@H]1CN(Cc2cc(-c3cccnc3)n[nH]2)CCN1. The lowest BCUT2D eigenvalue weighted by atomic mass is 10.2. The Balaban J connectivity index is 1.68. The lowest BCUT2D eigenvalue weighted by Crippen LogP contribution is -2.48. The molecule has 0 aliphatic carbocycles.